The molecule has 0 radical (unpaired) electrons. The number of thioether (sulfide) groups is 1. The van der Waals surface area contributed by atoms with Crippen molar-refractivity contribution in [3.8, 4) is 0 Å². The van der Waals surface area contributed by atoms with E-state index in [4.69, 9.17) is 0 Å². The quantitative estimate of drug-likeness (QED) is 0.840. The van der Waals surface area contributed by atoms with Gasteiger partial charge in [0, 0.05) is 35.8 Å². The van der Waals surface area contributed by atoms with Crippen LogP contribution in [0.2, 0.25) is 0 Å². The maximum Gasteiger partial charge on any atom is 0.251 e. The van der Waals surface area contributed by atoms with Gasteiger partial charge >= 0.3 is 0 Å². The van der Waals surface area contributed by atoms with Crippen molar-refractivity contribution in [1.82, 2.24) is 10.2 Å². The van der Waals surface area contributed by atoms with Crippen LogP contribution in [-0.2, 0) is 11.3 Å². The van der Waals surface area contributed by atoms with E-state index in [9.17, 15) is 9.59 Å². The normalized spacial score (nSPS) is 16.4. The highest BCUT2D eigenvalue weighted by Crippen LogP contribution is 2.37. The van der Waals surface area contributed by atoms with E-state index in [1.54, 1.807) is 7.05 Å². The predicted molar refractivity (Wildman–Crippen MR) is 115 cm³/mol. The SMILES string of the molecule is CNC(=O)c1ccc(CN(C)CC(=O)N2CC[C@H](C)Sc3ccccc32)cc1. The average molecular weight is 398 g/mol. The van der Waals surface area contributed by atoms with Gasteiger partial charge in [-0.1, -0.05) is 31.2 Å². The van der Waals surface area contributed by atoms with E-state index in [2.05, 4.69) is 18.3 Å². The lowest BCUT2D eigenvalue weighted by atomic mass is 10.1. The number of para-hydroxylation sites is 1. The first-order chi connectivity index (χ1) is 13.5. The lowest BCUT2D eigenvalue weighted by Gasteiger charge is -2.25. The summed E-state index contributed by atoms with van der Waals surface area (Å²) >= 11 is 1.84. The fraction of sp³-hybridized carbons (Fsp3) is 0.364. The third-order valence-corrected chi connectivity index (χ3v) is 6.08. The van der Waals surface area contributed by atoms with Crippen molar-refractivity contribution in [2.75, 3.05) is 32.1 Å². The average Bonchev–Trinajstić information content (AvgIpc) is 2.86. The molecule has 2 aromatic carbocycles. The molecule has 0 fully saturated rings. The summed E-state index contributed by atoms with van der Waals surface area (Å²) in [6, 6.07) is 15.7. The van der Waals surface area contributed by atoms with Crippen LogP contribution >= 0.6 is 11.8 Å². The zero-order valence-electron chi connectivity index (χ0n) is 16.6. The molecule has 1 aliphatic rings. The maximum absolute atomic E-state index is 13.0. The van der Waals surface area contributed by atoms with Gasteiger partial charge in [0.1, 0.15) is 0 Å². The summed E-state index contributed by atoms with van der Waals surface area (Å²) in [5.41, 5.74) is 2.73. The summed E-state index contributed by atoms with van der Waals surface area (Å²) in [6.45, 7) is 3.97. The highest BCUT2D eigenvalue weighted by atomic mass is 32.2. The number of rotatable bonds is 5. The molecule has 1 N–H and O–H groups in total. The molecule has 0 aliphatic carbocycles. The summed E-state index contributed by atoms with van der Waals surface area (Å²) in [6.07, 6.45) is 0.982. The Morgan fingerprint density at radius 1 is 1.18 bits per heavy atom. The highest BCUT2D eigenvalue weighted by Gasteiger charge is 2.24. The molecule has 0 saturated carbocycles. The Morgan fingerprint density at radius 3 is 2.61 bits per heavy atom. The van der Waals surface area contributed by atoms with Crippen molar-refractivity contribution in [3.05, 3.63) is 59.7 Å². The van der Waals surface area contributed by atoms with Crippen LogP contribution in [0.4, 0.5) is 5.69 Å². The van der Waals surface area contributed by atoms with Crippen molar-refractivity contribution >= 4 is 29.3 Å². The van der Waals surface area contributed by atoms with Crippen LogP contribution in [0.5, 0.6) is 0 Å². The molecule has 1 atom stereocenters. The minimum atomic E-state index is -0.0954. The van der Waals surface area contributed by atoms with Crippen LogP contribution in [0.25, 0.3) is 0 Å². The number of nitrogens with zero attached hydrogens (tertiary/aromatic N) is 2. The third kappa shape index (κ3) is 4.94. The molecule has 3 rings (SSSR count). The van der Waals surface area contributed by atoms with E-state index in [0.29, 0.717) is 23.9 Å². The van der Waals surface area contributed by atoms with Gasteiger partial charge in [-0.3, -0.25) is 14.5 Å². The second-order valence-corrected chi connectivity index (χ2v) is 8.66. The summed E-state index contributed by atoms with van der Waals surface area (Å²) in [7, 11) is 3.57. The number of carbonyl (C=O) groups excluding carboxylic acids is 2. The van der Waals surface area contributed by atoms with Crippen molar-refractivity contribution in [1.29, 1.82) is 0 Å². The van der Waals surface area contributed by atoms with Gasteiger partial charge < -0.3 is 10.2 Å². The number of amides is 2. The monoisotopic (exact) mass is 397 g/mol. The molecule has 0 aromatic heterocycles. The van der Waals surface area contributed by atoms with Gasteiger partial charge in [-0.05, 0) is 43.3 Å². The lowest BCUT2D eigenvalue weighted by Crippen LogP contribution is -2.39. The molecule has 1 aliphatic heterocycles. The molecule has 0 saturated heterocycles. The summed E-state index contributed by atoms with van der Waals surface area (Å²) in [4.78, 5) is 29.8. The van der Waals surface area contributed by atoms with E-state index in [1.807, 2.05) is 71.1 Å². The van der Waals surface area contributed by atoms with E-state index in [0.717, 1.165) is 24.2 Å². The van der Waals surface area contributed by atoms with E-state index < -0.39 is 0 Å². The van der Waals surface area contributed by atoms with Crippen LogP contribution in [0.1, 0.15) is 29.3 Å². The Balaban J connectivity index is 1.65. The first-order valence-electron chi connectivity index (χ1n) is 9.53. The fourth-order valence-corrected chi connectivity index (χ4v) is 4.45. The first kappa shape index (κ1) is 20.4. The molecule has 2 amide bonds. The van der Waals surface area contributed by atoms with E-state index in [-0.39, 0.29) is 11.8 Å². The predicted octanol–water partition coefficient (Wildman–Crippen LogP) is 3.40. The smallest absolute Gasteiger partial charge is 0.251 e. The fourth-order valence-electron chi connectivity index (χ4n) is 3.34. The number of benzene rings is 2. The molecule has 0 spiro atoms. The molecular weight excluding hydrogens is 370 g/mol. The number of likely N-dealkylation sites (N-methyl/N-ethyl adjacent to an activating group) is 1. The number of carbonyl (C=O) groups is 2. The number of hydrogen-bond donors (Lipinski definition) is 1. The molecular formula is C22H27N3O2S. The molecule has 6 heteroatoms. The Labute approximate surface area is 171 Å². The van der Waals surface area contributed by atoms with Gasteiger partial charge in [0.25, 0.3) is 5.91 Å². The lowest BCUT2D eigenvalue weighted by molar-refractivity contribution is -0.119. The molecule has 28 heavy (non-hydrogen) atoms. The minimum absolute atomic E-state index is 0.0954. The Bertz CT molecular complexity index is 838. The van der Waals surface area contributed by atoms with Gasteiger partial charge in [0.15, 0.2) is 0 Å². The molecule has 0 unspecified atom stereocenters. The minimum Gasteiger partial charge on any atom is -0.355 e. The summed E-state index contributed by atoms with van der Waals surface area (Å²) in [5.74, 6) is 0.0219. The molecule has 0 bridgehead atoms. The summed E-state index contributed by atoms with van der Waals surface area (Å²) < 4.78 is 0. The van der Waals surface area contributed by atoms with Crippen LogP contribution in [0.15, 0.2) is 53.4 Å². The van der Waals surface area contributed by atoms with Crippen LogP contribution in [0, 0.1) is 0 Å². The van der Waals surface area contributed by atoms with E-state index in [1.165, 1.54) is 4.90 Å². The van der Waals surface area contributed by atoms with Gasteiger partial charge in [-0.25, -0.2) is 0 Å². The Kier molecular flexibility index (Phi) is 6.75. The van der Waals surface area contributed by atoms with Crippen LogP contribution in [0.3, 0.4) is 0 Å². The number of anilines is 1. The van der Waals surface area contributed by atoms with Gasteiger partial charge in [0.05, 0.1) is 12.2 Å². The Hall–Kier alpha value is -2.31. The van der Waals surface area contributed by atoms with Crippen molar-refractivity contribution in [3.63, 3.8) is 0 Å². The van der Waals surface area contributed by atoms with Crippen LogP contribution < -0.4 is 10.2 Å². The number of nitrogens with one attached hydrogen (secondary N) is 1. The van der Waals surface area contributed by atoms with Crippen molar-refractivity contribution in [2.24, 2.45) is 0 Å². The first-order valence-corrected chi connectivity index (χ1v) is 10.4. The standard InChI is InChI=1S/C22H27N3O2S/c1-16-12-13-25(19-6-4-5-7-20(19)28-16)21(26)15-24(3)14-17-8-10-18(11-9-17)22(27)23-2/h4-11,16H,12-15H2,1-3H3,(H,23,27)/t16-/m0/s1. The van der Waals surface area contributed by atoms with Crippen molar-refractivity contribution < 1.29 is 9.59 Å². The van der Waals surface area contributed by atoms with Crippen molar-refractivity contribution in [2.45, 2.75) is 30.0 Å². The largest absolute Gasteiger partial charge is 0.355 e. The second kappa shape index (κ2) is 9.26. The molecule has 5 nitrogen and oxygen atoms in total. The summed E-state index contributed by atoms with van der Waals surface area (Å²) in [5, 5.41) is 3.11. The molecule has 1 heterocycles. The number of hydrogen-bond acceptors (Lipinski definition) is 4. The molecule has 148 valence electrons. The zero-order valence-corrected chi connectivity index (χ0v) is 17.5. The number of fused-ring (bicyclic) bond motifs is 1. The topological polar surface area (TPSA) is 52.7 Å². The van der Waals surface area contributed by atoms with Gasteiger partial charge in [-0.2, -0.15) is 0 Å². The van der Waals surface area contributed by atoms with E-state index >= 15 is 0 Å². The van der Waals surface area contributed by atoms with Gasteiger partial charge in [0.2, 0.25) is 5.91 Å². The molecule has 2 aromatic rings. The second-order valence-electron chi connectivity index (χ2n) is 7.18. The van der Waals surface area contributed by atoms with Gasteiger partial charge in [-0.15, -0.1) is 11.8 Å². The third-order valence-electron chi connectivity index (χ3n) is 4.85. The van der Waals surface area contributed by atoms with Crippen LogP contribution in [-0.4, -0.2) is 49.1 Å². The highest BCUT2D eigenvalue weighted by molar-refractivity contribution is 8.00. The Morgan fingerprint density at radius 2 is 1.89 bits per heavy atom. The maximum atomic E-state index is 13.0. The zero-order chi connectivity index (χ0) is 20.1.